The molecule has 7 heteroatoms. The van der Waals surface area contributed by atoms with E-state index in [1.54, 1.807) is 0 Å². The Morgan fingerprint density at radius 2 is 1.88 bits per heavy atom. The molecule has 188 valence electrons. The summed E-state index contributed by atoms with van der Waals surface area (Å²) in [6, 6.07) is 0. The summed E-state index contributed by atoms with van der Waals surface area (Å²) in [7, 11) is 0. The maximum absolute atomic E-state index is 12.6. The zero-order chi connectivity index (χ0) is 23.8. The smallest absolute Gasteiger partial charge is 0.393 e. The maximum Gasteiger partial charge on any atom is 0.522 e. The summed E-state index contributed by atoms with van der Waals surface area (Å²) >= 11 is 0. The summed E-state index contributed by atoms with van der Waals surface area (Å²) in [4.78, 5) is 2.15. The highest BCUT2D eigenvalue weighted by Gasteiger charge is 2.51. The van der Waals surface area contributed by atoms with Crippen molar-refractivity contribution >= 4 is 0 Å². The number of likely N-dealkylation sites (tertiary alicyclic amines) is 1. The molecule has 7 atom stereocenters. The Labute approximate surface area is 195 Å². The number of hydrogen-bond acceptors (Lipinski definition) is 4. The van der Waals surface area contributed by atoms with Crippen molar-refractivity contribution in [2.45, 2.75) is 96.3 Å². The van der Waals surface area contributed by atoms with Crippen LogP contribution in [0.25, 0.3) is 0 Å². The minimum absolute atomic E-state index is 0.231. The quantitative estimate of drug-likeness (QED) is 0.578. The van der Waals surface area contributed by atoms with Crippen molar-refractivity contribution in [3.8, 4) is 0 Å². The van der Waals surface area contributed by atoms with Crippen LogP contribution < -0.4 is 0 Å². The SMILES string of the molecule is CC(CN1CC[C@@H](OC(F)(F)F)C1)[C@H]1CC[C@H]2/C(=C/C=C3C[C@@H](O)C[C@@H](O)C3)CCC[C@]12C. The van der Waals surface area contributed by atoms with Crippen LogP contribution in [0.15, 0.2) is 23.3 Å². The Hall–Kier alpha value is -0.890. The molecule has 33 heavy (non-hydrogen) atoms. The molecule has 1 heterocycles. The number of ether oxygens (including phenoxy) is 1. The standard InChI is InChI=1S/C26H40F3NO3/c1-17(15-30-11-9-22(16-30)33-26(27,28)29)23-7-8-24-19(4-3-10-25(23,24)2)6-5-18-12-20(31)14-21(32)13-18/h5-6,17,20-24,31-32H,3-4,7-16H2,1-2H3/b18-5?,19-6+/t17?,20-,21+,22-,23-,24+,25-/m1/s1. The van der Waals surface area contributed by atoms with Crippen LogP contribution >= 0.6 is 0 Å². The topological polar surface area (TPSA) is 52.9 Å². The molecule has 0 aromatic rings. The van der Waals surface area contributed by atoms with E-state index in [0.29, 0.717) is 56.5 Å². The molecule has 0 radical (unpaired) electrons. The summed E-state index contributed by atoms with van der Waals surface area (Å²) in [5, 5.41) is 19.9. The van der Waals surface area contributed by atoms with E-state index in [-0.39, 0.29) is 5.41 Å². The van der Waals surface area contributed by atoms with E-state index >= 15 is 0 Å². The lowest BCUT2D eigenvalue weighted by Crippen LogP contribution is -2.39. The Morgan fingerprint density at radius 1 is 1.15 bits per heavy atom. The van der Waals surface area contributed by atoms with Crippen molar-refractivity contribution in [2.24, 2.45) is 23.2 Å². The number of fused-ring (bicyclic) bond motifs is 1. The largest absolute Gasteiger partial charge is 0.522 e. The van der Waals surface area contributed by atoms with Crippen LogP contribution in [-0.2, 0) is 4.74 Å². The molecule has 4 fully saturated rings. The summed E-state index contributed by atoms with van der Waals surface area (Å²) < 4.78 is 41.9. The first kappa shape index (κ1) is 25.2. The van der Waals surface area contributed by atoms with Crippen molar-refractivity contribution in [1.82, 2.24) is 4.90 Å². The highest BCUT2D eigenvalue weighted by Crippen LogP contribution is 2.59. The number of rotatable bonds is 5. The average Bonchev–Trinajstić information content (AvgIpc) is 3.27. The fourth-order valence-electron chi connectivity index (χ4n) is 7.53. The van der Waals surface area contributed by atoms with Gasteiger partial charge in [0, 0.05) is 19.6 Å². The predicted molar refractivity (Wildman–Crippen MR) is 121 cm³/mol. The van der Waals surface area contributed by atoms with Crippen LogP contribution in [0.2, 0.25) is 0 Å². The van der Waals surface area contributed by atoms with E-state index in [0.717, 1.165) is 18.5 Å². The first-order valence-corrected chi connectivity index (χ1v) is 12.7. The molecule has 4 nitrogen and oxygen atoms in total. The summed E-state index contributed by atoms with van der Waals surface area (Å²) in [5.41, 5.74) is 2.86. The second kappa shape index (κ2) is 10.00. The highest BCUT2D eigenvalue weighted by atomic mass is 19.4. The first-order chi connectivity index (χ1) is 15.5. The van der Waals surface area contributed by atoms with Gasteiger partial charge in [0.05, 0.1) is 18.3 Å². The van der Waals surface area contributed by atoms with Gasteiger partial charge in [0.25, 0.3) is 0 Å². The monoisotopic (exact) mass is 471 g/mol. The zero-order valence-electron chi connectivity index (χ0n) is 20.0. The number of hydrogen-bond donors (Lipinski definition) is 2. The third-order valence-corrected chi connectivity index (χ3v) is 8.87. The number of aliphatic hydroxyl groups is 2. The summed E-state index contributed by atoms with van der Waals surface area (Å²) in [6.07, 6.45) is 6.28. The molecule has 0 amide bonds. The lowest BCUT2D eigenvalue weighted by Gasteiger charge is -2.45. The van der Waals surface area contributed by atoms with E-state index in [1.807, 2.05) is 0 Å². The van der Waals surface area contributed by atoms with Gasteiger partial charge in [0.2, 0.25) is 0 Å². The molecule has 4 rings (SSSR count). The summed E-state index contributed by atoms with van der Waals surface area (Å²) in [5.74, 6) is 1.56. The Bertz CT molecular complexity index is 740. The van der Waals surface area contributed by atoms with Crippen molar-refractivity contribution in [2.75, 3.05) is 19.6 Å². The van der Waals surface area contributed by atoms with Gasteiger partial charge in [-0.25, -0.2) is 0 Å². The molecule has 3 saturated carbocycles. The van der Waals surface area contributed by atoms with Gasteiger partial charge in [-0.2, -0.15) is 0 Å². The van der Waals surface area contributed by atoms with Crippen molar-refractivity contribution in [3.05, 3.63) is 23.3 Å². The van der Waals surface area contributed by atoms with E-state index in [1.165, 1.54) is 31.3 Å². The van der Waals surface area contributed by atoms with Crippen LogP contribution in [0.1, 0.15) is 71.6 Å². The maximum atomic E-state index is 12.6. The van der Waals surface area contributed by atoms with Gasteiger partial charge in [-0.15, -0.1) is 13.2 Å². The van der Waals surface area contributed by atoms with Gasteiger partial charge in [-0.05, 0) is 81.0 Å². The zero-order valence-corrected chi connectivity index (χ0v) is 20.0. The number of aliphatic hydroxyl groups excluding tert-OH is 2. The van der Waals surface area contributed by atoms with Crippen molar-refractivity contribution in [1.29, 1.82) is 0 Å². The van der Waals surface area contributed by atoms with E-state index in [4.69, 9.17) is 0 Å². The van der Waals surface area contributed by atoms with Gasteiger partial charge in [0.1, 0.15) is 0 Å². The van der Waals surface area contributed by atoms with E-state index < -0.39 is 24.7 Å². The van der Waals surface area contributed by atoms with Gasteiger partial charge in [0.15, 0.2) is 0 Å². The first-order valence-electron chi connectivity index (χ1n) is 12.7. The molecule has 1 saturated heterocycles. The van der Waals surface area contributed by atoms with Gasteiger partial charge >= 0.3 is 6.36 Å². The van der Waals surface area contributed by atoms with Crippen LogP contribution in [0, 0.1) is 23.2 Å². The highest BCUT2D eigenvalue weighted by molar-refractivity contribution is 5.26. The minimum atomic E-state index is -4.55. The van der Waals surface area contributed by atoms with Crippen LogP contribution in [0.4, 0.5) is 13.2 Å². The normalized spacial score (nSPS) is 41.6. The molecule has 0 spiro atoms. The summed E-state index contributed by atoms with van der Waals surface area (Å²) in [6.45, 7) is 6.59. The minimum Gasteiger partial charge on any atom is -0.393 e. The Balaban J connectivity index is 1.38. The molecule has 0 aromatic carbocycles. The second-order valence-corrected chi connectivity index (χ2v) is 11.3. The molecule has 1 aliphatic heterocycles. The van der Waals surface area contributed by atoms with E-state index in [9.17, 15) is 23.4 Å². The second-order valence-electron chi connectivity index (χ2n) is 11.3. The van der Waals surface area contributed by atoms with Crippen molar-refractivity contribution in [3.63, 3.8) is 0 Å². The number of halogens is 3. The third-order valence-electron chi connectivity index (χ3n) is 8.87. The molecule has 4 aliphatic rings. The fraction of sp³-hybridized carbons (Fsp3) is 0.846. The van der Waals surface area contributed by atoms with Crippen LogP contribution in [0.3, 0.4) is 0 Å². The molecule has 3 aliphatic carbocycles. The predicted octanol–water partition coefficient (Wildman–Crippen LogP) is 5.21. The molecular formula is C26H40F3NO3. The number of allylic oxidation sites excluding steroid dienone is 3. The van der Waals surface area contributed by atoms with Gasteiger partial charge in [-0.3, -0.25) is 4.74 Å². The number of alkyl halides is 3. The van der Waals surface area contributed by atoms with Gasteiger partial charge in [-0.1, -0.05) is 37.1 Å². The van der Waals surface area contributed by atoms with Gasteiger partial charge < -0.3 is 15.1 Å². The Kier molecular flexibility index (Phi) is 7.64. The molecule has 0 bridgehead atoms. The molecule has 0 aromatic heterocycles. The average molecular weight is 472 g/mol. The Morgan fingerprint density at radius 3 is 2.58 bits per heavy atom. The fourth-order valence-corrected chi connectivity index (χ4v) is 7.53. The molecule has 2 N–H and O–H groups in total. The van der Waals surface area contributed by atoms with Crippen molar-refractivity contribution < 1.29 is 28.1 Å². The third kappa shape index (κ3) is 6.03. The lowest BCUT2D eigenvalue weighted by molar-refractivity contribution is -0.340. The molecular weight excluding hydrogens is 431 g/mol. The van der Waals surface area contributed by atoms with Crippen LogP contribution in [-0.4, -0.2) is 59.4 Å². The lowest BCUT2D eigenvalue weighted by atomic mass is 9.61. The van der Waals surface area contributed by atoms with E-state index in [2.05, 4.69) is 35.6 Å². The number of nitrogens with zero attached hydrogens (tertiary/aromatic N) is 1. The molecule has 1 unspecified atom stereocenters. The van der Waals surface area contributed by atoms with Crippen LogP contribution in [0.5, 0.6) is 0 Å².